The van der Waals surface area contributed by atoms with Crippen LogP contribution in [0.4, 0.5) is 0 Å². The van der Waals surface area contributed by atoms with Gasteiger partial charge in [0.25, 0.3) is 0 Å². The number of benzene rings is 1. The molecule has 1 aromatic rings. The van der Waals surface area contributed by atoms with Crippen molar-refractivity contribution in [1.29, 1.82) is 0 Å². The molecule has 0 spiro atoms. The van der Waals surface area contributed by atoms with E-state index >= 15 is 0 Å². The third-order valence-corrected chi connectivity index (χ3v) is 4.00. The summed E-state index contributed by atoms with van der Waals surface area (Å²) in [6.45, 7) is 0. The van der Waals surface area contributed by atoms with E-state index in [0.29, 0.717) is 0 Å². The lowest BCUT2D eigenvalue weighted by Crippen LogP contribution is -2.58. The van der Waals surface area contributed by atoms with Gasteiger partial charge in [-0.05, 0) is 18.1 Å². The first-order valence-electron chi connectivity index (χ1n) is 6.03. The number of rotatable bonds is 1. The molecule has 21 heavy (non-hydrogen) atoms. The largest absolute Gasteiger partial charge is 0.315 e. The first-order valence-corrected chi connectivity index (χ1v) is 6.41. The van der Waals surface area contributed by atoms with Crippen molar-refractivity contribution < 1.29 is 4.79 Å². The minimum atomic E-state index is -1.63. The van der Waals surface area contributed by atoms with E-state index in [2.05, 4.69) is 0 Å². The van der Waals surface area contributed by atoms with Crippen LogP contribution in [0.15, 0.2) is 12.2 Å². The van der Waals surface area contributed by atoms with Crippen molar-refractivity contribution in [3.05, 3.63) is 22.7 Å². The molecule has 0 aromatic heterocycles. The fourth-order valence-corrected chi connectivity index (χ4v) is 2.82. The molecule has 1 unspecified atom stereocenters. The third kappa shape index (κ3) is 2.57. The van der Waals surface area contributed by atoms with Crippen LogP contribution in [0.1, 0.15) is 12.0 Å². The van der Waals surface area contributed by atoms with Crippen molar-refractivity contribution in [2.24, 2.45) is 5.73 Å². The van der Waals surface area contributed by atoms with Crippen molar-refractivity contribution in [2.45, 2.75) is 17.2 Å². The van der Waals surface area contributed by atoms with Crippen LogP contribution >= 0.6 is 11.6 Å². The molecule has 0 aliphatic heterocycles. The molecule has 2 N–H and O–H groups in total. The quantitative estimate of drug-likeness (QED) is 0.547. The van der Waals surface area contributed by atoms with Crippen LogP contribution in [0.3, 0.4) is 0 Å². The van der Waals surface area contributed by atoms with Crippen LogP contribution in [0.2, 0.25) is 10.2 Å². The van der Waals surface area contributed by atoms with Gasteiger partial charge in [0.2, 0.25) is 0 Å². The Kier molecular flexibility index (Phi) is 4.10. The van der Waals surface area contributed by atoms with Gasteiger partial charge in [-0.25, -0.2) is 0 Å². The molecule has 1 aliphatic rings. The summed E-state index contributed by atoms with van der Waals surface area (Å²) in [4.78, 5) is 12.3. The minimum Gasteiger partial charge on any atom is -0.315 e. The predicted molar refractivity (Wildman–Crippen MR) is 91.8 cm³/mol. The van der Waals surface area contributed by atoms with E-state index in [9.17, 15) is 4.79 Å². The minimum absolute atomic E-state index is 0.00480. The molecular weight excluding hydrogens is 274 g/mol. The lowest BCUT2D eigenvalue weighted by Gasteiger charge is -2.41. The van der Waals surface area contributed by atoms with Gasteiger partial charge < -0.3 is 5.73 Å². The van der Waals surface area contributed by atoms with Crippen molar-refractivity contribution >= 4 is 86.3 Å². The maximum absolute atomic E-state index is 12.3. The van der Waals surface area contributed by atoms with Gasteiger partial charge in [-0.2, -0.15) is 0 Å². The van der Waals surface area contributed by atoms with Gasteiger partial charge in [0.1, 0.15) is 36.9 Å². The molecule has 0 saturated carbocycles. The summed E-state index contributed by atoms with van der Waals surface area (Å²) in [6.07, 6.45) is 2.46. The summed E-state index contributed by atoms with van der Waals surface area (Å²) >= 11 is 6.18. The molecule has 1 atom stereocenters. The average molecular weight is 281 g/mol. The smallest absolute Gasteiger partial charge is 0.179 e. The zero-order valence-corrected chi connectivity index (χ0v) is 11.9. The highest BCUT2D eigenvalue weighted by Crippen LogP contribution is 2.40. The van der Waals surface area contributed by atoms with Crippen LogP contribution in [0, 0.1) is 0 Å². The molecule has 2 rings (SSSR count). The number of carbonyl (C=O) groups excluding carboxylic acids is 1. The molecule has 1 aromatic carbocycles. The second-order valence-corrected chi connectivity index (χ2v) is 5.68. The highest BCUT2D eigenvalue weighted by atomic mass is 35.5. The Morgan fingerprint density at radius 2 is 1.57 bits per heavy atom. The highest BCUT2D eigenvalue weighted by Gasteiger charge is 2.43. The van der Waals surface area contributed by atoms with Crippen LogP contribution in [0.5, 0.6) is 0 Å². The van der Waals surface area contributed by atoms with E-state index in [-0.39, 0.29) is 38.9 Å². The van der Waals surface area contributed by atoms with Gasteiger partial charge in [0.05, 0.1) is 15.7 Å². The lowest BCUT2D eigenvalue weighted by molar-refractivity contribution is -0.120. The van der Waals surface area contributed by atoms with Crippen LogP contribution < -0.4 is 27.6 Å². The SMILES string of the molecule is [B]c1c([B])c([B])c(C2(N)CC([B])([B])C=CC2=O)c(Cl)c1[B]. The van der Waals surface area contributed by atoms with Crippen LogP contribution in [-0.2, 0) is 10.3 Å². The van der Waals surface area contributed by atoms with Crippen molar-refractivity contribution in [3.8, 4) is 0 Å². The van der Waals surface area contributed by atoms with Gasteiger partial charge in [-0.15, -0.1) is 10.9 Å². The van der Waals surface area contributed by atoms with E-state index in [1.807, 2.05) is 0 Å². The number of allylic oxidation sites excluding steroid dienone is 1. The third-order valence-electron chi connectivity index (χ3n) is 3.61. The molecule has 12 radical (unpaired) electrons. The number of halogens is 1. The van der Waals surface area contributed by atoms with Gasteiger partial charge in [0, 0.05) is 5.02 Å². The zero-order chi connectivity index (χ0) is 16.2. The van der Waals surface area contributed by atoms with Gasteiger partial charge >= 0.3 is 0 Å². The first-order chi connectivity index (χ1) is 9.51. The standard InChI is InChI=1S/C12H6B6ClNO/c13-6-5(10(19)9(16)8(15)7(6)14)12(20)3-11(17,18)2-1-4(12)21/h1-2H,3,20H2. The summed E-state index contributed by atoms with van der Waals surface area (Å²) < 4.78 is 0. The molecule has 90 valence electrons. The second-order valence-electron chi connectivity index (χ2n) is 5.30. The maximum Gasteiger partial charge on any atom is 0.179 e. The molecule has 1 aliphatic carbocycles. The van der Waals surface area contributed by atoms with Crippen molar-refractivity contribution in [2.75, 3.05) is 0 Å². The van der Waals surface area contributed by atoms with Crippen LogP contribution in [-0.4, -0.2) is 52.9 Å². The fourth-order valence-electron chi connectivity index (χ4n) is 2.45. The molecule has 0 fully saturated rings. The lowest BCUT2D eigenvalue weighted by atomic mass is 9.46. The Morgan fingerprint density at radius 1 is 1.05 bits per heavy atom. The Bertz CT molecular complexity index is 645. The summed E-state index contributed by atoms with van der Waals surface area (Å²) in [7, 11) is 34.9. The highest BCUT2D eigenvalue weighted by molar-refractivity contribution is 6.65. The van der Waals surface area contributed by atoms with E-state index in [0.717, 1.165) is 0 Å². The van der Waals surface area contributed by atoms with E-state index < -0.39 is 16.5 Å². The van der Waals surface area contributed by atoms with Crippen molar-refractivity contribution in [3.63, 3.8) is 0 Å². The molecule has 0 heterocycles. The summed E-state index contributed by atoms with van der Waals surface area (Å²) in [6, 6.07) is 0. The Labute approximate surface area is 137 Å². The summed E-state index contributed by atoms with van der Waals surface area (Å²) in [5.74, 6) is -0.453. The van der Waals surface area contributed by atoms with E-state index in [1.165, 1.54) is 12.2 Å². The fraction of sp³-hybridized carbons (Fsp3) is 0.250. The number of nitrogens with two attached hydrogens (primary N) is 1. The Hall–Kier alpha value is -0.730. The summed E-state index contributed by atoms with van der Waals surface area (Å²) in [5, 5.41) is -1.32. The topological polar surface area (TPSA) is 43.1 Å². The monoisotopic (exact) mass is 281 g/mol. The molecule has 0 saturated heterocycles. The van der Waals surface area contributed by atoms with Crippen LogP contribution in [0.25, 0.3) is 0 Å². The van der Waals surface area contributed by atoms with Gasteiger partial charge in [-0.1, -0.05) is 33.8 Å². The second kappa shape index (κ2) is 5.17. The van der Waals surface area contributed by atoms with E-state index in [1.54, 1.807) is 0 Å². The Morgan fingerprint density at radius 3 is 2.14 bits per heavy atom. The molecule has 9 heteroatoms. The number of ketones is 1. The maximum atomic E-state index is 12.3. The van der Waals surface area contributed by atoms with Crippen molar-refractivity contribution in [1.82, 2.24) is 0 Å². The average Bonchev–Trinajstić information content (AvgIpc) is 2.38. The zero-order valence-electron chi connectivity index (χ0n) is 11.2. The molecular formula is C12H6B6ClNO. The normalized spacial score (nSPS) is 24.2. The molecule has 0 bridgehead atoms. The van der Waals surface area contributed by atoms with Gasteiger partial charge in [-0.3, -0.25) is 4.79 Å². The number of carbonyl (C=O) groups is 1. The van der Waals surface area contributed by atoms with Gasteiger partial charge in [0.15, 0.2) is 5.78 Å². The predicted octanol–water partition coefficient (Wildman–Crippen LogP) is -3.35. The number of hydrogen-bond acceptors (Lipinski definition) is 2. The Balaban J connectivity index is 2.78. The first kappa shape index (κ1) is 16.6. The van der Waals surface area contributed by atoms with E-state index in [4.69, 9.17) is 64.4 Å². The molecule has 0 amide bonds. The molecule has 2 nitrogen and oxygen atoms in total. The number of hydrogen-bond donors (Lipinski definition) is 1. The summed E-state index contributed by atoms with van der Waals surface area (Å²) in [5.41, 5.74) is 4.72.